The molecule has 1 aromatic carbocycles. The van der Waals surface area contributed by atoms with Crippen molar-refractivity contribution < 1.29 is 0 Å². The molecular formula is C15H26N2. The first-order valence-corrected chi connectivity index (χ1v) is 6.46. The zero-order valence-electron chi connectivity index (χ0n) is 11.6. The van der Waals surface area contributed by atoms with E-state index in [9.17, 15) is 0 Å². The third kappa shape index (κ3) is 3.55. The number of aryl methyl sites for hydroxylation is 3. The molecule has 0 aliphatic heterocycles. The van der Waals surface area contributed by atoms with Gasteiger partial charge in [-0.1, -0.05) is 24.6 Å². The predicted molar refractivity (Wildman–Crippen MR) is 75.1 cm³/mol. The lowest BCUT2D eigenvalue weighted by atomic mass is 9.85. The van der Waals surface area contributed by atoms with Gasteiger partial charge in [0.15, 0.2) is 0 Å². The minimum Gasteiger partial charge on any atom is -0.330 e. The molecule has 0 heterocycles. The van der Waals surface area contributed by atoms with Gasteiger partial charge in [-0.2, -0.15) is 0 Å². The molecule has 0 bridgehead atoms. The van der Waals surface area contributed by atoms with Crippen LogP contribution in [-0.2, 0) is 6.42 Å². The van der Waals surface area contributed by atoms with Crippen LogP contribution < -0.4 is 11.5 Å². The van der Waals surface area contributed by atoms with Crippen molar-refractivity contribution in [1.29, 1.82) is 0 Å². The van der Waals surface area contributed by atoms with Crippen molar-refractivity contribution in [3.63, 3.8) is 0 Å². The predicted octanol–water partition coefficient (Wildman–Crippen LogP) is 2.32. The highest BCUT2D eigenvalue weighted by atomic mass is 14.6. The van der Waals surface area contributed by atoms with Gasteiger partial charge in [0.05, 0.1) is 0 Å². The topological polar surface area (TPSA) is 52.0 Å². The third-order valence-corrected chi connectivity index (χ3v) is 3.78. The average molecular weight is 234 g/mol. The van der Waals surface area contributed by atoms with E-state index >= 15 is 0 Å². The van der Waals surface area contributed by atoms with Gasteiger partial charge in [0.25, 0.3) is 0 Å². The van der Waals surface area contributed by atoms with Gasteiger partial charge >= 0.3 is 0 Å². The lowest BCUT2D eigenvalue weighted by molar-refractivity contribution is 0.371. The summed E-state index contributed by atoms with van der Waals surface area (Å²) in [5, 5.41) is 0. The van der Waals surface area contributed by atoms with Crippen LogP contribution in [0.4, 0.5) is 0 Å². The summed E-state index contributed by atoms with van der Waals surface area (Å²) in [6, 6.07) is 4.52. The third-order valence-electron chi connectivity index (χ3n) is 3.78. The van der Waals surface area contributed by atoms with Gasteiger partial charge in [0.2, 0.25) is 0 Å². The van der Waals surface area contributed by atoms with E-state index < -0.39 is 0 Å². The fraction of sp³-hybridized carbons (Fsp3) is 0.600. The van der Waals surface area contributed by atoms with Crippen molar-refractivity contribution in [1.82, 2.24) is 0 Å². The maximum absolute atomic E-state index is 5.76. The van der Waals surface area contributed by atoms with Crippen LogP contribution in [0.25, 0.3) is 0 Å². The van der Waals surface area contributed by atoms with Crippen molar-refractivity contribution in [2.45, 2.75) is 34.1 Å². The molecule has 1 unspecified atom stereocenters. The fourth-order valence-electron chi connectivity index (χ4n) is 2.58. The average Bonchev–Trinajstić information content (AvgIpc) is 2.25. The van der Waals surface area contributed by atoms with Crippen molar-refractivity contribution in [2.75, 3.05) is 13.1 Å². The molecule has 0 aromatic heterocycles. The number of hydrogen-bond donors (Lipinski definition) is 2. The zero-order chi connectivity index (χ0) is 13.0. The number of benzene rings is 1. The molecule has 17 heavy (non-hydrogen) atoms. The summed E-state index contributed by atoms with van der Waals surface area (Å²) in [4.78, 5) is 0. The summed E-state index contributed by atoms with van der Waals surface area (Å²) in [5.74, 6) is 0.972. The second-order valence-electron chi connectivity index (χ2n) is 5.29. The molecular weight excluding hydrogens is 208 g/mol. The van der Waals surface area contributed by atoms with Crippen LogP contribution in [0.3, 0.4) is 0 Å². The molecule has 2 nitrogen and oxygen atoms in total. The Morgan fingerprint density at radius 3 is 1.88 bits per heavy atom. The van der Waals surface area contributed by atoms with Crippen molar-refractivity contribution in [2.24, 2.45) is 23.3 Å². The maximum atomic E-state index is 5.76. The molecule has 2 heteroatoms. The lowest BCUT2D eigenvalue weighted by Gasteiger charge is -2.23. The first kappa shape index (κ1) is 14.2. The van der Waals surface area contributed by atoms with E-state index in [1.807, 2.05) is 0 Å². The molecule has 4 N–H and O–H groups in total. The Morgan fingerprint density at radius 2 is 1.47 bits per heavy atom. The van der Waals surface area contributed by atoms with Gasteiger partial charge in [-0.05, 0) is 68.8 Å². The van der Waals surface area contributed by atoms with E-state index in [-0.39, 0.29) is 0 Å². The SMILES string of the molecule is Cc1cc(C)c(CC(C)C(CN)CN)c(C)c1. The normalized spacial score (nSPS) is 13.1. The van der Waals surface area contributed by atoms with Gasteiger partial charge in [-0.25, -0.2) is 0 Å². The van der Waals surface area contributed by atoms with Gasteiger partial charge in [-0.15, -0.1) is 0 Å². The quantitative estimate of drug-likeness (QED) is 0.821. The monoisotopic (exact) mass is 234 g/mol. The summed E-state index contributed by atoms with van der Waals surface area (Å²) >= 11 is 0. The van der Waals surface area contributed by atoms with E-state index in [0.717, 1.165) is 6.42 Å². The fourth-order valence-corrected chi connectivity index (χ4v) is 2.58. The smallest absolute Gasteiger partial charge is 0.00341 e. The molecule has 0 aliphatic carbocycles. The number of rotatable bonds is 5. The summed E-state index contributed by atoms with van der Waals surface area (Å²) in [6.07, 6.45) is 1.08. The first-order chi connectivity index (χ1) is 7.99. The summed E-state index contributed by atoms with van der Waals surface area (Å²) in [6.45, 7) is 10.2. The standard InChI is InChI=1S/C15H26N2/c1-10-5-12(3)15(13(4)6-10)7-11(2)14(8-16)9-17/h5-6,11,14H,7-9,16-17H2,1-4H3. The van der Waals surface area contributed by atoms with E-state index in [2.05, 4.69) is 39.8 Å². The minimum absolute atomic E-state index is 0.426. The van der Waals surface area contributed by atoms with Crippen LogP contribution in [0.2, 0.25) is 0 Å². The van der Waals surface area contributed by atoms with E-state index in [4.69, 9.17) is 11.5 Å². The number of hydrogen-bond acceptors (Lipinski definition) is 2. The van der Waals surface area contributed by atoms with E-state index in [1.54, 1.807) is 0 Å². The summed E-state index contributed by atoms with van der Waals surface area (Å²) in [7, 11) is 0. The molecule has 0 aliphatic rings. The Morgan fingerprint density at radius 1 is 1.00 bits per heavy atom. The van der Waals surface area contributed by atoms with E-state index in [0.29, 0.717) is 24.9 Å². The Hall–Kier alpha value is -0.860. The van der Waals surface area contributed by atoms with Crippen LogP contribution in [0.15, 0.2) is 12.1 Å². The molecule has 0 spiro atoms. The van der Waals surface area contributed by atoms with Crippen LogP contribution in [-0.4, -0.2) is 13.1 Å². The van der Waals surface area contributed by atoms with Crippen LogP contribution >= 0.6 is 0 Å². The maximum Gasteiger partial charge on any atom is -0.00341 e. The van der Waals surface area contributed by atoms with Crippen LogP contribution in [0.1, 0.15) is 29.2 Å². The second kappa shape index (κ2) is 6.18. The highest BCUT2D eigenvalue weighted by Crippen LogP contribution is 2.23. The van der Waals surface area contributed by atoms with Crippen molar-refractivity contribution in [3.05, 3.63) is 34.4 Å². The molecule has 0 saturated heterocycles. The molecule has 0 fully saturated rings. The Bertz CT molecular complexity index is 344. The molecule has 0 amide bonds. The molecule has 1 atom stereocenters. The van der Waals surface area contributed by atoms with Crippen LogP contribution in [0.5, 0.6) is 0 Å². The molecule has 1 rings (SSSR count). The zero-order valence-corrected chi connectivity index (χ0v) is 11.6. The van der Waals surface area contributed by atoms with Gasteiger partial charge in [-0.3, -0.25) is 0 Å². The van der Waals surface area contributed by atoms with E-state index in [1.165, 1.54) is 22.3 Å². The van der Waals surface area contributed by atoms with Crippen LogP contribution in [0, 0.1) is 32.6 Å². The molecule has 0 saturated carbocycles. The highest BCUT2D eigenvalue weighted by molar-refractivity contribution is 5.37. The molecule has 96 valence electrons. The second-order valence-corrected chi connectivity index (χ2v) is 5.29. The highest BCUT2D eigenvalue weighted by Gasteiger charge is 2.16. The minimum atomic E-state index is 0.426. The number of nitrogens with two attached hydrogens (primary N) is 2. The summed E-state index contributed by atoms with van der Waals surface area (Å²) < 4.78 is 0. The molecule has 1 aromatic rings. The largest absolute Gasteiger partial charge is 0.330 e. The van der Waals surface area contributed by atoms with Gasteiger partial charge in [0, 0.05) is 0 Å². The first-order valence-electron chi connectivity index (χ1n) is 6.46. The van der Waals surface area contributed by atoms with Gasteiger partial charge < -0.3 is 11.5 Å². The Balaban J connectivity index is 2.88. The van der Waals surface area contributed by atoms with Crippen molar-refractivity contribution in [3.8, 4) is 0 Å². The Labute approximate surface area is 105 Å². The van der Waals surface area contributed by atoms with Crippen molar-refractivity contribution >= 4 is 0 Å². The lowest BCUT2D eigenvalue weighted by Crippen LogP contribution is -2.30. The van der Waals surface area contributed by atoms with Gasteiger partial charge in [0.1, 0.15) is 0 Å². The summed E-state index contributed by atoms with van der Waals surface area (Å²) in [5.41, 5.74) is 17.1. The molecule has 0 radical (unpaired) electrons. The Kier molecular flexibility index (Phi) is 5.16.